The third-order valence-corrected chi connectivity index (χ3v) is 1.63. The molecule has 4 nitrogen and oxygen atoms in total. The molecular weight excluding hydrogens is 128 g/mol. The lowest BCUT2D eigenvalue weighted by Crippen LogP contribution is -2.43. The smallest absolute Gasteiger partial charge is 0.185 e. The summed E-state index contributed by atoms with van der Waals surface area (Å²) < 4.78 is 0. The fourth-order valence-electron chi connectivity index (χ4n) is 1.11. The molecule has 1 aliphatic rings. The first-order valence-corrected chi connectivity index (χ1v) is 3.53. The molecule has 0 unspecified atom stereocenters. The number of hydrogen-bond acceptors (Lipinski definition) is 1. The van der Waals surface area contributed by atoms with Gasteiger partial charge in [-0.3, -0.25) is 5.41 Å². The van der Waals surface area contributed by atoms with Gasteiger partial charge in [-0.2, -0.15) is 0 Å². The first-order valence-electron chi connectivity index (χ1n) is 3.53. The molecule has 0 atom stereocenters. The van der Waals surface area contributed by atoms with Crippen molar-refractivity contribution in [3.63, 3.8) is 0 Å². The molecule has 1 fully saturated rings. The van der Waals surface area contributed by atoms with E-state index in [1.54, 1.807) is 0 Å². The average molecular weight is 141 g/mol. The van der Waals surface area contributed by atoms with E-state index in [1.165, 1.54) is 0 Å². The Bertz CT molecular complexity index is 117. The van der Waals surface area contributed by atoms with Crippen LogP contribution >= 0.6 is 0 Å². The van der Waals surface area contributed by atoms with Crippen LogP contribution in [-0.4, -0.2) is 25.1 Å². The summed E-state index contributed by atoms with van der Waals surface area (Å²) in [5.74, 6) is 0.0758. The maximum Gasteiger partial charge on any atom is 0.185 e. The molecule has 1 heterocycles. The summed E-state index contributed by atoms with van der Waals surface area (Å²) in [6.45, 7) is 1.82. The van der Waals surface area contributed by atoms with Gasteiger partial charge in [-0.25, -0.2) is 5.32 Å². The second kappa shape index (κ2) is 3.41. The molecule has 0 aromatic rings. The predicted octanol–water partition coefficient (Wildman–Crippen LogP) is -0.764. The van der Waals surface area contributed by atoms with Gasteiger partial charge >= 0.3 is 0 Å². The van der Waals surface area contributed by atoms with E-state index in [2.05, 4.69) is 10.6 Å². The maximum atomic E-state index is 6.97. The fraction of sp³-hybridized carbons (Fsp3) is 0.833. The Labute approximate surface area is 60.7 Å². The highest BCUT2D eigenvalue weighted by molar-refractivity contribution is 5.74. The van der Waals surface area contributed by atoms with E-state index in [0.717, 1.165) is 25.9 Å². The minimum atomic E-state index is 0.0758. The SMILES string of the molecule is N=C(N)NC1CC[N]CC1. The molecule has 0 aromatic carbocycles. The van der Waals surface area contributed by atoms with Gasteiger partial charge in [0, 0.05) is 19.1 Å². The Morgan fingerprint density at radius 2 is 2.10 bits per heavy atom. The van der Waals surface area contributed by atoms with Crippen molar-refractivity contribution in [1.29, 1.82) is 5.41 Å². The minimum Gasteiger partial charge on any atom is -0.370 e. The lowest BCUT2D eigenvalue weighted by Gasteiger charge is -2.22. The highest BCUT2D eigenvalue weighted by Gasteiger charge is 2.12. The average Bonchev–Trinajstić information content (AvgIpc) is 1.88. The quantitative estimate of drug-likeness (QED) is 0.331. The molecule has 1 rings (SSSR count). The van der Waals surface area contributed by atoms with Gasteiger partial charge in [-0.1, -0.05) is 0 Å². The zero-order valence-electron chi connectivity index (χ0n) is 5.93. The van der Waals surface area contributed by atoms with Crippen LogP contribution in [0, 0.1) is 5.41 Å². The number of nitrogens with one attached hydrogen (secondary N) is 2. The second-order valence-corrected chi connectivity index (χ2v) is 2.50. The summed E-state index contributed by atoms with van der Waals surface area (Å²) in [5.41, 5.74) is 5.16. The van der Waals surface area contributed by atoms with Crippen LogP contribution in [-0.2, 0) is 0 Å². The first kappa shape index (κ1) is 7.34. The molecule has 0 spiro atoms. The van der Waals surface area contributed by atoms with E-state index in [0.29, 0.717) is 6.04 Å². The second-order valence-electron chi connectivity index (χ2n) is 2.50. The molecular formula is C6H13N4. The zero-order chi connectivity index (χ0) is 7.40. The number of nitrogens with two attached hydrogens (primary N) is 1. The Balaban J connectivity index is 2.19. The monoisotopic (exact) mass is 141 g/mol. The van der Waals surface area contributed by atoms with Crippen LogP contribution < -0.4 is 16.4 Å². The van der Waals surface area contributed by atoms with Crippen molar-refractivity contribution in [3.05, 3.63) is 0 Å². The van der Waals surface area contributed by atoms with Gasteiger partial charge < -0.3 is 11.1 Å². The van der Waals surface area contributed by atoms with Crippen molar-refractivity contribution >= 4 is 5.96 Å². The summed E-state index contributed by atoms with van der Waals surface area (Å²) in [4.78, 5) is 0. The normalized spacial score (nSPS) is 20.4. The van der Waals surface area contributed by atoms with E-state index in [9.17, 15) is 0 Å². The van der Waals surface area contributed by atoms with E-state index in [-0.39, 0.29) is 5.96 Å². The van der Waals surface area contributed by atoms with Crippen molar-refractivity contribution in [2.24, 2.45) is 5.73 Å². The fourth-order valence-corrected chi connectivity index (χ4v) is 1.11. The van der Waals surface area contributed by atoms with Crippen molar-refractivity contribution in [2.75, 3.05) is 13.1 Å². The molecule has 0 bridgehead atoms. The van der Waals surface area contributed by atoms with Crippen LogP contribution in [0.25, 0.3) is 0 Å². The Kier molecular flexibility index (Phi) is 2.50. The van der Waals surface area contributed by atoms with Crippen LogP contribution in [0.4, 0.5) is 0 Å². The highest BCUT2D eigenvalue weighted by atomic mass is 15.1. The van der Waals surface area contributed by atoms with Gasteiger partial charge in [-0.05, 0) is 12.8 Å². The molecule has 0 saturated carbocycles. The molecule has 1 radical (unpaired) electrons. The van der Waals surface area contributed by atoms with Crippen molar-refractivity contribution in [1.82, 2.24) is 10.6 Å². The summed E-state index contributed by atoms with van der Waals surface area (Å²) in [6, 6.07) is 0.384. The molecule has 0 aliphatic carbocycles. The highest BCUT2D eigenvalue weighted by Crippen LogP contribution is 2.01. The van der Waals surface area contributed by atoms with Crippen LogP contribution in [0.15, 0.2) is 0 Å². The molecule has 4 heteroatoms. The summed E-state index contributed by atoms with van der Waals surface area (Å²) in [6.07, 6.45) is 2.03. The van der Waals surface area contributed by atoms with Crippen LogP contribution in [0.5, 0.6) is 0 Å². The third-order valence-electron chi connectivity index (χ3n) is 1.63. The van der Waals surface area contributed by atoms with Gasteiger partial charge in [0.05, 0.1) is 0 Å². The number of nitrogens with zero attached hydrogens (tertiary/aromatic N) is 1. The lowest BCUT2D eigenvalue weighted by molar-refractivity contribution is 0.422. The van der Waals surface area contributed by atoms with E-state index < -0.39 is 0 Å². The van der Waals surface area contributed by atoms with E-state index in [4.69, 9.17) is 11.1 Å². The van der Waals surface area contributed by atoms with Gasteiger partial charge in [0.2, 0.25) is 0 Å². The maximum absolute atomic E-state index is 6.97. The third kappa shape index (κ3) is 2.23. The molecule has 1 saturated heterocycles. The Hall–Kier alpha value is -0.770. The first-order chi connectivity index (χ1) is 4.79. The van der Waals surface area contributed by atoms with Gasteiger partial charge in [0.25, 0.3) is 0 Å². The Morgan fingerprint density at radius 1 is 1.50 bits per heavy atom. The lowest BCUT2D eigenvalue weighted by atomic mass is 10.1. The molecule has 0 aromatic heterocycles. The van der Waals surface area contributed by atoms with Crippen LogP contribution in [0.1, 0.15) is 12.8 Å². The van der Waals surface area contributed by atoms with Gasteiger partial charge in [-0.15, -0.1) is 0 Å². The summed E-state index contributed by atoms with van der Waals surface area (Å²) in [7, 11) is 0. The Morgan fingerprint density at radius 3 is 2.60 bits per heavy atom. The van der Waals surface area contributed by atoms with Crippen LogP contribution in [0.2, 0.25) is 0 Å². The molecule has 1 aliphatic heterocycles. The van der Waals surface area contributed by atoms with Crippen molar-refractivity contribution < 1.29 is 0 Å². The zero-order valence-corrected chi connectivity index (χ0v) is 5.93. The van der Waals surface area contributed by atoms with Crippen molar-refractivity contribution in [2.45, 2.75) is 18.9 Å². The number of guanidine groups is 1. The predicted molar refractivity (Wildman–Crippen MR) is 39.9 cm³/mol. The summed E-state index contributed by atoms with van der Waals surface area (Å²) >= 11 is 0. The molecule has 10 heavy (non-hydrogen) atoms. The molecule has 57 valence electrons. The molecule has 0 amide bonds. The molecule has 4 N–H and O–H groups in total. The van der Waals surface area contributed by atoms with Gasteiger partial charge in [0.15, 0.2) is 5.96 Å². The van der Waals surface area contributed by atoms with Gasteiger partial charge in [0.1, 0.15) is 0 Å². The van der Waals surface area contributed by atoms with Crippen molar-refractivity contribution in [3.8, 4) is 0 Å². The minimum absolute atomic E-state index is 0.0758. The van der Waals surface area contributed by atoms with E-state index in [1.807, 2.05) is 0 Å². The summed E-state index contributed by atoms with van der Waals surface area (Å²) in [5, 5.41) is 14.0. The largest absolute Gasteiger partial charge is 0.370 e. The van der Waals surface area contributed by atoms with Crippen LogP contribution in [0.3, 0.4) is 0 Å². The topological polar surface area (TPSA) is 76.0 Å². The van der Waals surface area contributed by atoms with E-state index >= 15 is 0 Å². The standard InChI is InChI=1S/C6H13N4/c7-6(8)10-5-1-3-9-4-2-5/h5H,1-4H2,(H4,7,8,10). The number of rotatable bonds is 1. The number of piperidine rings is 1. The number of hydrogen-bond donors (Lipinski definition) is 3.